The van der Waals surface area contributed by atoms with Crippen molar-refractivity contribution in [2.75, 3.05) is 26.2 Å². The van der Waals surface area contributed by atoms with Crippen molar-refractivity contribution >= 4 is 27.5 Å². The van der Waals surface area contributed by atoms with E-state index in [1.54, 1.807) is 17.9 Å². The Kier molecular flexibility index (Phi) is 5.13. The fourth-order valence-corrected chi connectivity index (χ4v) is 4.79. The van der Waals surface area contributed by atoms with Gasteiger partial charge in [-0.3, -0.25) is 14.5 Å². The van der Waals surface area contributed by atoms with Crippen LogP contribution in [0, 0.1) is 6.92 Å². The summed E-state index contributed by atoms with van der Waals surface area (Å²) in [7, 11) is 0. The van der Waals surface area contributed by atoms with Crippen LogP contribution < -0.4 is 5.56 Å². The van der Waals surface area contributed by atoms with E-state index in [0.29, 0.717) is 49.6 Å². The number of hydrogen-bond donors (Lipinski definition) is 1. The molecule has 1 amide bonds. The SMILES string of the molecule is Cc1cc(C(=O)N2CCN(Cc3nc4sc(-c5ccccc5)cc4c(=O)[nH]3)CC2)on1. The summed E-state index contributed by atoms with van der Waals surface area (Å²) in [6, 6.07) is 13.6. The van der Waals surface area contributed by atoms with Crippen molar-refractivity contribution in [2.24, 2.45) is 0 Å². The van der Waals surface area contributed by atoms with Gasteiger partial charge in [0, 0.05) is 37.1 Å². The number of aryl methyl sites for hydroxylation is 1. The second-order valence-electron chi connectivity index (χ2n) is 7.61. The average molecular weight is 436 g/mol. The maximum absolute atomic E-state index is 12.6. The molecule has 1 fully saturated rings. The third kappa shape index (κ3) is 4.01. The lowest BCUT2D eigenvalue weighted by Crippen LogP contribution is -2.48. The molecule has 5 rings (SSSR count). The number of aromatic nitrogens is 3. The number of benzene rings is 1. The second-order valence-corrected chi connectivity index (χ2v) is 8.64. The molecule has 8 nitrogen and oxygen atoms in total. The van der Waals surface area contributed by atoms with Gasteiger partial charge >= 0.3 is 0 Å². The molecule has 1 aromatic carbocycles. The van der Waals surface area contributed by atoms with Crippen LogP contribution in [0.1, 0.15) is 22.1 Å². The van der Waals surface area contributed by atoms with Gasteiger partial charge in [0.25, 0.3) is 11.5 Å². The first-order valence-corrected chi connectivity index (χ1v) is 10.9. The van der Waals surface area contributed by atoms with Crippen LogP contribution in [0.3, 0.4) is 0 Å². The summed E-state index contributed by atoms with van der Waals surface area (Å²) in [5, 5.41) is 4.40. The van der Waals surface area contributed by atoms with Crippen molar-refractivity contribution in [1.29, 1.82) is 0 Å². The maximum Gasteiger partial charge on any atom is 0.292 e. The van der Waals surface area contributed by atoms with Crippen LogP contribution in [0.15, 0.2) is 51.8 Å². The van der Waals surface area contributed by atoms with Crippen LogP contribution in [-0.2, 0) is 6.54 Å². The predicted octanol–water partition coefficient (Wildman–Crippen LogP) is 2.91. The Morgan fingerprint density at radius 2 is 1.94 bits per heavy atom. The van der Waals surface area contributed by atoms with Crippen molar-refractivity contribution < 1.29 is 9.32 Å². The monoisotopic (exact) mass is 435 g/mol. The summed E-state index contributed by atoms with van der Waals surface area (Å²) >= 11 is 1.53. The zero-order valence-corrected chi connectivity index (χ0v) is 17.8. The summed E-state index contributed by atoms with van der Waals surface area (Å²) in [4.78, 5) is 38.5. The molecule has 1 N–H and O–H groups in total. The maximum atomic E-state index is 12.6. The Morgan fingerprint density at radius 1 is 1.16 bits per heavy atom. The lowest BCUT2D eigenvalue weighted by Gasteiger charge is -2.33. The molecule has 1 aliphatic rings. The van der Waals surface area contributed by atoms with Crippen LogP contribution in [0.25, 0.3) is 20.7 Å². The van der Waals surface area contributed by atoms with Crippen molar-refractivity contribution in [1.82, 2.24) is 24.9 Å². The third-order valence-corrected chi connectivity index (χ3v) is 6.46. The molecule has 0 atom stereocenters. The number of hydrogen-bond acceptors (Lipinski definition) is 7. The van der Waals surface area contributed by atoms with Gasteiger partial charge in [0.2, 0.25) is 5.76 Å². The molecule has 9 heteroatoms. The van der Waals surface area contributed by atoms with E-state index >= 15 is 0 Å². The van der Waals surface area contributed by atoms with E-state index in [0.717, 1.165) is 15.3 Å². The minimum absolute atomic E-state index is 0.118. The molecule has 0 radical (unpaired) electrons. The minimum atomic E-state index is -0.139. The fourth-order valence-electron chi connectivity index (χ4n) is 3.74. The summed E-state index contributed by atoms with van der Waals surface area (Å²) in [5.74, 6) is 0.777. The highest BCUT2D eigenvalue weighted by molar-refractivity contribution is 7.21. The highest BCUT2D eigenvalue weighted by Crippen LogP contribution is 2.30. The molecule has 0 spiro atoms. The second kappa shape index (κ2) is 8.09. The number of thiophene rings is 1. The van der Waals surface area contributed by atoms with E-state index < -0.39 is 0 Å². The normalized spacial score (nSPS) is 14.9. The van der Waals surface area contributed by atoms with Gasteiger partial charge in [0.15, 0.2) is 0 Å². The topological polar surface area (TPSA) is 95.3 Å². The number of aromatic amines is 1. The Hall–Kier alpha value is -3.30. The van der Waals surface area contributed by atoms with Crippen molar-refractivity contribution in [2.45, 2.75) is 13.5 Å². The standard InChI is InChI=1S/C22H21N5O3S/c1-14-11-17(30-25-14)22(29)27-9-7-26(8-10-27)13-19-23-20(28)16-12-18(31-21(16)24-19)15-5-3-2-4-6-15/h2-6,11-12H,7-10,13H2,1H3,(H,23,24,28). The Balaban J connectivity index is 1.28. The smallest absolute Gasteiger partial charge is 0.292 e. The van der Waals surface area contributed by atoms with E-state index in [4.69, 9.17) is 9.51 Å². The van der Waals surface area contributed by atoms with E-state index in [1.807, 2.05) is 36.4 Å². The largest absolute Gasteiger partial charge is 0.351 e. The molecule has 1 saturated heterocycles. The van der Waals surface area contributed by atoms with Gasteiger partial charge < -0.3 is 14.4 Å². The molecule has 31 heavy (non-hydrogen) atoms. The number of amides is 1. The molecular weight excluding hydrogens is 414 g/mol. The molecule has 0 saturated carbocycles. The van der Waals surface area contributed by atoms with Gasteiger partial charge in [0.1, 0.15) is 10.7 Å². The first-order chi connectivity index (χ1) is 15.1. The molecule has 3 aromatic heterocycles. The predicted molar refractivity (Wildman–Crippen MR) is 118 cm³/mol. The van der Waals surface area contributed by atoms with Gasteiger partial charge in [-0.25, -0.2) is 4.98 Å². The number of piperazine rings is 1. The van der Waals surface area contributed by atoms with Crippen LogP contribution >= 0.6 is 11.3 Å². The van der Waals surface area contributed by atoms with Crippen LogP contribution in [0.5, 0.6) is 0 Å². The minimum Gasteiger partial charge on any atom is -0.351 e. The first kappa shape index (κ1) is 19.7. The molecule has 0 aliphatic carbocycles. The number of carbonyl (C=O) groups is 1. The van der Waals surface area contributed by atoms with Crippen molar-refractivity contribution in [3.8, 4) is 10.4 Å². The van der Waals surface area contributed by atoms with Gasteiger partial charge in [-0.1, -0.05) is 35.5 Å². The first-order valence-electron chi connectivity index (χ1n) is 10.1. The van der Waals surface area contributed by atoms with Crippen LogP contribution in [0.4, 0.5) is 0 Å². The van der Waals surface area contributed by atoms with E-state index in [2.05, 4.69) is 15.0 Å². The molecule has 4 heterocycles. The lowest BCUT2D eigenvalue weighted by atomic mass is 10.2. The van der Waals surface area contributed by atoms with Gasteiger partial charge in [-0.2, -0.15) is 0 Å². The van der Waals surface area contributed by atoms with Gasteiger partial charge in [-0.05, 0) is 18.6 Å². The number of carbonyl (C=O) groups excluding carboxylic acids is 1. The lowest BCUT2D eigenvalue weighted by molar-refractivity contribution is 0.0586. The van der Waals surface area contributed by atoms with Gasteiger partial charge in [0.05, 0.1) is 17.6 Å². The van der Waals surface area contributed by atoms with E-state index in [-0.39, 0.29) is 17.2 Å². The molecule has 158 valence electrons. The van der Waals surface area contributed by atoms with Crippen molar-refractivity contribution in [3.63, 3.8) is 0 Å². The summed E-state index contributed by atoms with van der Waals surface area (Å²) in [5.41, 5.74) is 1.65. The Bertz CT molecular complexity index is 1290. The zero-order valence-electron chi connectivity index (χ0n) is 17.0. The Labute approximate surface area is 182 Å². The quantitative estimate of drug-likeness (QED) is 0.530. The zero-order chi connectivity index (χ0) is 21.4. The van der Waals surface area contributed by atoms with Crippen LogP contribution in [-0.4, -0.2) is 57.0 Å². The van der Waals surface area contributed by atoms with Gasteiger partial charge in [-0.15, -0.1) is 11.3 Å². The van der Waals surface area contributed by atoms with Crippen LogP contribution in [0.2, 0.25) is 0 Å². The van der Waals surface area contributed by atoms with Crippen molar-refractivity contribution in [3.05, 3.63) is 70.1 Å². The van der Waals surface area contributed by atoms with E-state index in [1.165, 1.54) is 11.3 Å². The average Bonchev–Trinajstić information content (AvgIpc) is 3.41. The number of nitrogens with zero attached hydrogens (tertiary/aromatic N) is 4. The highest BCUT2D eigenvalue weighted by Gasteiger charge is 2.25. The molecule has 4 aromatic rings. The molecule has 0 bridgehead atoms. The third-order valence-electron chi connectivity index (χ3n) is 5.38. The van der Waals surface area contributed by atoms with E-state index in [9.17, 15) is 9.59 Å². The summed E-state index contributed by atoms with van der Waals surface area (Å²) in [6.07, 6.45) is 0. The fraction of sp³-hybridized carbons (Fsp3) is 0.273. The summed E-state index contributed by atoms with van der Waals surface area (Å²) < 4.78 is 5.09. The molecular formula is C22H21N5O3S. The number of fused-ring (bicyclic) bond motifs is 1. The Morgan fingerprint density at radius 3 is 2.65 bits per heavy atom. The molecule has 0 unspecified atom stereocenters. The number of nitrogens with one attached hydrogen (secondary N) is 1. The molecule has 1 aliphatic heterocycles. The highest BCUT2D eigenvalue weighted by atomic mass is 32.1. The summed E-state index contributed by atoms with van der Waals surface area (Å²) in [6.45, 7) is 4.89. The number of rotatable bonds is 4. The number of H-pyrrole nitrogens is 1.